The van der Waals surface area contributed by atoms with Gasteiger partial charge in [0, 0.05) is 12.0 Å². The molecule has 0 fully saturated rings. The number of carbonyl (C=O) groups excluding carboxylic acids is 1. The molecule has 76 valence electrons. The predicted octanol–water partition coefficient (Wildman–Crippen LogP) is 3.61. The first-order chi connectivity index (χ1) is 6.63. The maximum absolute atomic E-state index is 11.7. The number of benzene rings is 1. The fraction of sp³-hybridized carbons (Fsp3) is 0.462. The van der Waals surface area contributed by atoms with E-state index in [1.165, 1.54) is 5.56 Å². The molecule has 0 amide bonds. The van der Waals surface area contributed by atoms with Gasteiger partial charge in [-0.1, -0.05) is 50.1 Å². The van der Waals surface area contributed by atoms with Crippen molar-refractivity contribution >= 4 is 5.78 Å². The van der Waals surface area contributed by atoms with Crippen molar-refractivity contribution in [3.05, 3.63) is 35.4 Å². The van der Waals surface area contributed by atoms with Crippen LogP contribution in [0.25, 0.3) is 0 Å². The third-order valence-electron chi connectivity index (χ3n) is 2.60. The van der Waals surface area contributed by atoms with Gasteiger partial charge in [-0.25, -0.2) is 0 Å². The maximum Gasteiger partial charge on any atom is 0.163 e. The Morgan fingerprint density at radius 2 is 1.86 bits per heavy atom. The molecule has 1 atom stereocenters. The molecule has 1 nitrogen and oxygen atoms in total. The van der Waals surface area contributed by atoms with Gasteiger partial charge in [0.1, 0.15) is 0 Å². The van der Waals surface area contributed by atoms with Crippen molar-refractivity contribution in [3.8, 4) is 0 Å². The first-order valence-electron chi connectivity index (χ1n) is 5.23. The molecule has 1 rings (SSSR count). The van der Waals surface area contributed by atoms with Crippen LogP contribution in [-0.2, 0) is 0 Å². The Bertz CT molecular complexity index is 298. The highest BCUT2D eigenvalue weighted by atomic mass is 16.1. The number of hydrogen-bond acceptors (Lipinski definition) is 1. The van der Waals surface area contributed by atoms with Gasteiger partial charge in [-0.15, -0.1) is 0 Å². The Balaban J connectivity index is 2.65. The maximum atomic E-state index is 11.7. The van der Waals surface area contributed by atoms with E-state index >= 15 is 0 Å². The molecule has 0 N–H and O–H groups in total. The molecule has 1 unspecified atom stereocenters. The van der Waals surface area contributed by atoms with Gasteiger partial charge in [-0.3, -0.25) is 4.79 Å². The summed E-state index contributed by atoms with van der Waals surface area (Å²) < 4.78 is 0. The van der Waals surface area contributed by atoms with Crippen LogP contribution in [0.15, 0.2) is 24.3 Å². The van der Waals surface area contributed by atoms with Gasteiger partial charge < -0.3 is 0 Å². The highest BCUT2D eigenvalue weighted by Gasteiger charge is 2.09. The second kappa shape index (κ2) is 4.94. The van der Waals surface area contributed by atoms with Crippen molar-refractivity contribution in [2.24, 2.45) is 5.92 Å². The topological polar surface area (TPSA) is 17.1 Å². The number of carbonyl (C=O) groups is 1. The van der Waals surface area contributed by atoms with Crippen LogP contribution in [-0.4, -0.2) is 5.78 Å². The van der Waals surface area contributed by atoms with Crippen LogP contribution in [0.5, 0.6) is 0 Å². The molecular formula is C13H18O. The lowest BCUT2D eigenvalue weighted by Crippen LogP contribution is -2.05. The van der Waals surface area contributed by atoms with Crippen molar-refractivity contribution in [2.45, 2.75) is 33.6 Å². The SMILES string of the molecule is CCC(C)CC(=O)c1ccc(C)cc1. The van der Waals surface area contributed by atoms with Gasteiger partial charge in [0.15, 0.2) is 5.78 Å². The largest absolute Gasteiger partial charge is 0.294 e. The molecule has 1 aromatic carbocycles. The van der Waals surface area contributed by atoms with Gasteiger partial charge in [0.25, 0.3) is 0 Å². The van der Waals surface area contributed by atoms with Crippen LogP contribution in [0.2, 0.25) is 0 Å². The van der Waals surface area contributed by atoms with Gasteiger partial charge in [-0.05, 0) is 12.8 Å². The zero-order chi connectivity index (χ0) is 10.6. The highest BCUT2D eigenvalue weighted by molar-refractivity contribution is 5.96. The van der Waals surface area contributed by atoms with E-state index in [1.54, 1.807) is 0 Å². The van der Waals surface area contributed by atoms with Crippen molar-refractivity contribution < 1.29 is 4.79 Å². The van der Waals surface area contributed by atoms with Gasteiger partial charge in [0.05, 0.1) is 0 Å². The van der Waals surface area contributed by atoms with E-state index in [2.05, 4.69) is 13.8 Å². The third kappa shape index (κ3) is 2.99. The summed E-state index contributed by atoms with van der Waals surface area (Å²) in [7, 11) is 0. The molecule has 0 heterocycles. The number of ketones is 1. The van der Waals surface area contributed by atoms with Crippen LogP contribution in [0.3, 0.4) is 0 Å². The van der Waals surface area contributed by atoms with Gasteiger partial charge in [0.2, 0.25) is 0 Å². The minimum Gasteiger partial charge on any atom is -0.294 e. The van der Waals surface area contributed by atoms with Crippen LogP contribution >= 0.6 is 0 Å². The Morgan fingerprint density at radius 1 is 1.29 bits per heavy atom. The molecule has 14 heavy (non-hydrogen) atoms. The summed E-state index contributed by atoms with van der Waals surface area (Å²) in [5, 5.41) is 0. The number of aryl methyl sites for hydroxylation is 1. The Kier molecular flexibility index (Phi) is 3.87. The van der Waals surface area contributed by atoms with Crippen LogP contribution in [0.1, 0.15) is 42.6 Å². The average molecular weight is 190 g/mol. The lowest BCUT2D eigenvalue weighted by atomic mass is 9.97. The first kappa shape index (κ1) is 11.0. The van der Waals surface area contributed by atoms with Crippen molar-refractivity contribution in [3.63, 3.8) is 0 Å². The molecule has 0 saturated carbocycles. The molecule has 0 aromatic heterocycles. The summed E-state index contributed by atoms with van der Waals surface area (Å²) in [5.41, 5.74) is 2.04. The molecule has 0 aliphatic heterocycles. The van der Waals surface area contributed by atoms with E-state index in [0.717, 1.165) is 12.0 Å². The van der Waals surface area contributed by atoms with Crippen molar-refractivity contribution in [1.82, 2.24) is 0 Å². The number of Topliss-reactive ketones (excluding diaryl/α,β-unsaturated/α-hetero) is 1. The number of rotatable bonds is 4. The fourth-order valence-electron chi connectivity index (χ4n) is 1.32. The molecule has 0 bridgehead atoms. The highest BCUT2D eigenvalue weighted by Crippen LogP contribution is 2.12. The lowest BCUT2D eigenvalue weighted by Gasteiger charge is -2.07. The summed E-state index contributed by atoms with van der Waals surface area (Å²) in [5.74, 6) is 0.753. The summed E-state index contributed by atoms with van der Waals surface area (Å²) in [6.45, 7) is 6.27. The zero-order valence-corrected chi connectivity index (χ0v) is 9.21. The summed E-state index contributed by atoms with van der Waals surface area (Å²) >= 11 is 0. The average Bonchev–Trinajstić information content (AvgIpc) is 2.18. The monoisotopic (exact) mass is 190 g/mol. The minimum atomic E-state index is 0.263. The van der Waals surface area contributed by atoms with Gasteiger partial charge >= 0.3 is 0 Å². The molecule has 0 aliphatic rings. The van der Waals surface area contributed by atoms with Crippen molar-refractivity contribution in [2.75, 3.05) is 0 Å². The minimum absolute atomic E-state index is 0.263. The second-order valence-electron chi connectivity index (χ2n) is 4.01. The summed E-state index contributed by atoms with van der Waals surface area (Å²) in [6.07, 6.45) is 1.73. The third-order valence-corrected chi connectivity index (χ3v) is 2.60. The van der Waals surface area contributed by atoms with E-state index < -0.39 is 0 Å². The summed E-state index contributed by atoms with van der Waals surface area (Å²) in [6, 6.07) is 7.81. The normalized spacial score (nSPS) is 12.5. The Labute approximate surface area is 86.1 Å². The van der Waals surface area contributed by atoms with E-state index in [9.17, 15) is 4.79 Å². The number of hydrogen-bond donors (Lipinski definition) is 0. The molecule has 0 aliphatic carbocycles. The lowest BCUT2D eigenvalue weighted by molar-refractivity contribution is 0.0963. The first-order valence-corrected chi connectivity index (χ1v) is 5.23. The second-order valence-corrected chi connectivity index (χ2v) is 4.01. The molecule has 0 saturated heterocycles. The molecule has 1 aromatic rings. The zero-order valence-electron chi connectivity index (χ0n) is 9.21. The van der Waals surface area contributed by atoms with E-state index in [-0.39, 0.29) is 5.78 Å². The Hall–Kier alpha value is -1.11. The standard InChI is InChI=1S/C13H18O/c1-4-10(2)9-13(14)12-7-5-11(3)6-8-12/h5-8,10H,4,9H2,1-3H3. The van der Waals surface area contributed by atoms with Crippen molar-refractivity contribution in [1.29, 1.82) is 0 Å². The Morgan fingerprint density at radius 3 is 2.36 bits per heavy atom. The van der Waals surface area contributed by atoms with E-state index in [4.69, 9.17) is 0 Å². The van der Waals surface area contributed by atoms with Crippen LogP contribution in [0.4, 0.5) is 0 Å². The molecule has 1 heteroatoms. The van der Waals surface area contributed by atoms with Gasteiger partial charge in [-0.2, -0.15) is 0 Å². The predicted molar refractivity (Wildman–Crippen MR) is 59.6 cm³/mol. The molecule has 0 radical (unpaired) electrons. The van der Waals surface area contributed by atoms with Crippen LogP contribution < -0.4 is 0 Å². The summed E-state index contributed by atoms with van der Waals surface area (Å²) in [4.78, 5) is 11.7. The van der Waals surface area contributed by atoms with E-state index in [0.29, 0.717) is 12.3 Å². The quantitative estimate of drug-likeness (QED) is 0.663. The smallest absolute Gasteiger partial charge is 0.163 e. The van der Waals surface area contributed by atoms with E-state index in [1.807, 2.05) is 31.2 Å². The fourth-order valence-corrected chi connectivity index (χ4v) is 1.32. The van der Waals surface area contributed by atoms with Crippen LogP contribution in [0, 0.1) is 12.8 Å². The molecule has 0 spiro atoms. The molecular weight excluding hydrogens is 172 g/mol.